The van der Waals surface area contributed by atoms with Crippen LogP contribution >= 0.6 is 0 Å². The van der Waals surface area contributed by atoms with Crippen LogP contribution in [0.4, 0.5) is 0 Å². The van der Waals surface area contributed by atoms with Crippen LogP contribution in [0.1, 0.15) is 52.4 Å². The normalized spacial score (nSPS) is 21.3. The maximum absolute atomic E-state index is 12.4. The van der Waals surface area contributed by atoms with Gasteiger partial charge in [0.2, 0.25) is 5.91 Å². The van der Waals surface area contributed by atoms with E-state index in [1.165, 1.54) is 35.5 Å². The van der Waals surface area contributed by atoms with Gasteiger partial charge in [0.05, 0.1) is 5.92 Å². The minimum Gasteiger partial charge on any atom is -0.356 e. The van der Waals surface area contributed by atoms with E-state index in [-0.39, 0.29) is 18.4 Å². The molecule has 0 unspecified atom stereocenters. The number of nitrogens with zero attached hydrogens (tertiary/aromatic N) is 2. The van der Waals surface area contributed by atoms with Gasteiger partial charge in [0.15, 0.2) is 0 Å². The molecule has 1 N–H and O–H groups in total. The summed E-state index contributed by atoms with van der Waals surface area (Å²) in [5.74, 6) is 0.282. The molecule has 2 atom stereocenters. The van der Waals surface area contributed by atoms with Crippen LogP contribution in [0, 0.1) is 11.8 Å². The molecule has 0 aliphatic carbocycles. The third-order valence-corrected chi connectivity index (χ3v) is 6.56. The minimum absolute atomic E-state index is 0.00129. The van der Waals surface area contributed by atoms with Gasteiger partial charge < -0.3 is 5.32 Å². The zero-order valence-electron chi connectivity index (χ0n) is 15.0. The molecule has 0 aromatic rings. The first kappa shape index (κ1) is 20.4. The average Bonchev–Trinajstić information content (AvgIpc) is 2.54. The molecule has 136 valence electrons. The second-order valence-corrected chi connectivity index (χ2v) is 8.79. The molecule has 0 radical (unpaired) electrons. The van der Waals surface area contributed by atoms with Gasteiger partial charge in [-0.3, -0.25) is 4.79 Å². The Kier molecular flexibility index (Phi) is 8.50. The van der Waals surface area contributed by atoms with E-state index in [0.29, 0.717) is 19.0 Å². The first-order valence-corrected chi connectivity index (χ1v) is 10.2. The van der Waals surface area contributed by atoms with Crippen molar-refractivity contribution < 1.29 is 13.2 Å². The molecule has 0 aromatic heterocycles. The molecule has 1 aliphatic rings. The van der Waals surface area contributed by atoms with Crippen LogP contribution in [-0.4, -0.2) is 56.7 Å². The number of amides is 1. The van der Waals surface area contributed by atoms with E-state index in [2.05, 4.69) is 19.2 Å². The predicted octanol–water partition coefficient (Wildman–Crippen LogP) is 1.84. The standard InChI is InChI=1S/C16H33N3O3S/c1-5-7-9-14(6-2)12-17-16(20)15-10-8-11-19(13-15)23(21,22)18(3)4/h14-15H,5-13H2,1-4H3,(H,17,20)/t14-,15+/m1/s1. The van der Waals surface area contributed by atoms with Crippen molar-refractivity contribution in [3.8, 4) is 0 Å². The van der Waals surface area contributed by atoms with E-state index in [4.69, 9.17) is 0 Å². The Morgan fingerprint density at radius 1 is 1.35 bits per heavy atom. The third-order valence-electron chi connectivity index (χ3n) is 4.65. The number of rotatable bonds is 9. The quantitative estimate of drug-likeness (QED) is 0.692. The van der Waals surface area contributed by atoms with Gasteiger partial charge in [-0.15, -0.1) is 0 Å². The van der Waals surface area contributed by atoms with E-state index < -0.39 is 10.2 Å². The Morgan fingerprint density at radius 3 is 2.61 bits per heavy atom. The van der Waals surface area contributed by atoms with Crippen molar-refractivity contribution in [3.05, 3.63) is 0 Å². The van der Waals surface area contributed by atoms with Gasteiger partial charge in [0.25, 0.3) is 10.2 Å². The fourth-order valence-electron chi connectivity index (χ4n) is 2.93. The lowest BCUT2D eigenvalue weighted by atomic mass is 9.96. The molecule has 0 aromatic carbocycles. The van der Waals surface area contributed by atoms with Gasteiger partial charge in [0, 0.05) is 33.7 Å². The predicted molar refractivity (Wildman–Crippen MR) is 93.2 cm³/mol. The van der Waals surface area contributed by atoms with E-state index >= 15 is 0 Å². The van der Waals surface area contributed by atoms with Crippen LogP contribution in [0.5, 0.6) is 0 Å². The summed E-state index contributed by atoms with van der Waals surface area (Å²) in [5.41, 5.74) is 0. The van der Waals surface area contributed by atoms with E-state index in [0.717, 1.165) is 25.7 Å². The van der Waals surface area contributed by atoms with E-state index in [1.807, 2.05) is 0 Å². The van der Waals surface area contributed by atoms with Crippen LogP contribution in [0.3, 0.4) is 0 Å². The van der Waals surface area contributed by atoms with Gasteiger partial charge in [-0.1, -0.05) is 33.1 Å². The molecular weight excluding hydrogens is 314 g/mol. The number of carbonyl (C=O) groups is 1. The molecule has 23 heavy (non-hydrogen) atoms. The van der Waals surface area contributed by atoms with Crippen molar-refractivity contribution in [2.45, 2.75) is 52.4 Å². The molecule has 1 heterocycles. The Labute approximate surface area is 141 Å². The van der Waals surface area contributed by atoms with E-state index in [1.54, 1.807) is 0 Å². The monoisotopic (exact) mass is 347 g/mol. The van der Waals surface area contributed by atoms with Crippen molar-refractivity contribution in [1.82, 2.24) is 13.9 Å². The molecule has 7 heteroatoms. The summed E-state index contributed by atoms with van der Waals surface area (Å²) in [6, 6.07) is 0. The molecule has 6 nitrogen and oxygen atoms in total. The third kappa shape index (κ3) is 6.04. The van der Waals surface area contributed by atoms with Crippen LogP contribution < -0.4 is 5.32 Å². The zero-order valence-corrected chi connectivity index (χ0v) is 15.9. The summed E-state index contributed by atoms with van der Waals surface area (Å²) >= 11 is 0. The van der Waals surface area contributed by atoms with Crippen molar-refractivity contribution in [2.75, 3.05) is 33.7 Å². The van der Waals surface area contributed by atoms with E-state index in [9.17, 15) is 13.2 Å². The number of hydrogen-bond donors (Lipinski definition) is 1. The van der Waals surface area contributed by atoms with Gasteiger partial charge in [0.1, 0.15) is 0 Å². The molecule has 0 bridgehead atoms. The second-order valence-electron chi connectivity index (χ2n) is 6.65. The maximum Gasteiger partial charge on any atom is 0.281 e. The Morgan fingerprint density at radius 2 is 2.04 bits per heavy atom. The average molecular weight is 348 g/mol. The summed E-state index contributed by atoms with van der Waals surface area (Å²) in [4.78, 5) is 12.4. The Bertz CT molecular complexity index is 465. The van der Waals surface area contributed by atoms with Crippen molar-refractivity contribution >= 4 is 16.1 Å². The highest BCUT2D eigenvalue weighted by Gasteiger charge is 2.33. The van der Waals surface area contributed by atoms with Gasteiger partial charge in [-0.2, -0.15) is 17.0 Å². The number of unbranched alkanes of at least 4 members (excludes halogenated alkanes) is 1. The highest BCUT2D eigenvalue weighted by molar-refractivity contribution is 7.86. The number of hydrogen-bond acceptors (Lipinski definition) is 3. The Balaban J connectivity index is 2.53. The fraction of sp³-hybridized carbons (Fsp3) is 0.938. The number of nitrogens with one attached hydrogen (secondary N) is 1. The van der Waals surface area contributed by atoms with Crippen LogP contribution in [-0.2, 0) is 15.0 Å². The summed E-state index contributed by atoms with van der Waals surface area (Å²) in [7, 11) is -0.375. The molecule has 1 saturated heterocycles. The first-order valence-electron chi connectivity index (χ1n) is 8.78. The number of piperidine rings is 1. The summed E-state index contributed by atoms with van der Waals surface area (Å²) < 4.78 is 27.0. The van der Waals surface area contributed by atoms with Gasteiger partial charge in [-0.25, -0.2) is 0 Å². The van der Waals surface area contributed by atoms with Crippen LogP contribution in [0.2, 0.25) is 0 Å². The number of carbonyl (C=O) groups excluding carboxylic acids is 1. The molecule has 1 fully saturated rings. The summed E-state index contributed by atoms with van der Waals surface area (Å²) in [5, 5.41) is 3.04. The van der Waals surface area contributed by atoms with Crippen LogP contribution in [0.25, 0.3) is 0 Å². The lowest BCUT2D eigenvalue weighted by Crippen LogP contribution is -2.49. The van der Waals surface area contributed by atoms with Crippen molar-refractivity contribution in [2.24, 2.45) is 11.8 Å². The highest BCUT2D eigenvalue weighted by Crippen LogP contribution is 2.20. The smallest absolute Gasteiger partial charge is 0.281 e. The maximum atomic E-state index is 12.4. The molecular formula is C16H33N3O3S. The summed E-state index contributed by atoms with van der Waals surface area (Å²) in [6.07, 6.45) is 6.05. The van der Waals surface area contributed by atoms with Crippen LogP contribution in [0.15, 0.2) is 0 Å². The molecule has 1 aliphatic heterocycles. The second kappa shape index (κ2) is 9.59. The lowest BCUT2D eigenvalue weighted by molar-refractivity contribution is -0.126. The fourth-order valence-corrected chi connectivity index (χ4v) is 4.12. The van der Waals surface area contributed by atoms with Crippen molar-refractivity contribution in [3.63, 3.8) is 0 Å². The molecule has 1 amide bonds. The largest absolute Gasteiger partial charge is 0.356 e. The van der Waals surface area contributed by atoms with Crippen molar-refractivity contribution in [1.29, 1.82) is 0 Å². The Hall–Kier alpha value is -0.660. The SMILES string of the molecule is CCCC[C@@H](CC)CNC(=O)[C@H]1CCCN(S(=O)(=O)N(C)C)C1. The van der Waals surface area contributed by atoms with Gasteiger partial charge in [-0.05, 0) is 25.2 Å². The molecule has 1 rings (SSSR count). The molecule has 0 spiro atoms. The zero-order chi connectivity index (χ0) is 17.5. The molecule has 0 saturated carbocycles. The highest BCUT2D eigenvalue weighted by atomic mass is 32.2. The minimum atomic E-state index is -3.43. The first-order chi connectivity index (χ1) is 10.8. The summed E-state index contributed by atoms with van der Waals surface area (Å²) in [6.45, 7) is 5.81. The lowest BCUT2D eigenvalue weighted by Gasteiger charge is -2.33. The topological polar surface area (TPSA) is 69.7 Å². The van der Waals surface area contributed by atoms with Gasteiger partial charge >= 0.3 is 0 Å².